The minimum atomic E-state index is -0.106. The van der Waals surface area contributed by atoms with E-state index in [2.05, 4.69) is 10.4 Å². The van der Waals surface area contributed by atoms with Gasteiger partial charge < -0.3 is 10.2 Å². The van der Waals surface area contributed by atoms with Crippen LogP contribution < -0.4 is 5.32 Å². The molecular formula is C18H17N5OS. The number of anilines is 1. The number of nitriles is 1. The quantitative estimate of drug-likeness (QED) is 0.766. The van der Waals surface area contributed by atoms with Crippen molar-refractivity contribution in [2.75, 3.05) is 19.4 Å². The largest absolute Gasteiger partial charge is 0.321 e. The fraction of sp³-hybridized carbons (Fsp3) is 0.167. The number of amides is 1. The Balaban J connectivity index is 1.72. The highest BCUT2D eigenvalue weighted by Crippen LogP contribution is 2.20. The first kappa shape index (κ1) is 16.9. The highest BCUT2D eigenvalue weighted by molar-refractivity contribution is 7.12. The van der Waals surface area contributed by atoms with Crippen LogP contribution in [0.1, 0.15) is 20.8 Å². The summed E-state index contributed by atoms with van der Waals surface area (Å²) in [5.74, 6) is -0.106. The second-order valence-electron chi connectivity index (χ2n) is 5.80. The molecule has 3 rings (SSSR count). The number of rotatable bonds is 5. The van der Waals surface area contributed by atoms with Crippen LogP contribution in [0.4, 0.5) is 5.69 Å². The van der Waals surface area contributed by atoms with Gasteiger partial charge in [0, 0.05) is 18.4 Å². The van der Waals surface area contributed by atoms with Crippen LogP contribution in [0, 0.1) is 11.3 Å². The van der Waals surface area contributed by atoms with E-state index in [1.807, 2.05) is 60.8 Å². The first-order chi connectivity index (χ1) is 12.1. The lowest BCUT2D eigenvalue weighted by atomic mass is 10.2. The molecule has 2 heterocycles. The predicted molar refractivity (Wildman–Crippen MR) is 97.9 cm³/mol. The molecule has 0 saturated carbocycles. The van der Waals surface area contributed by atoms with Crippen molar-refractivity contribution in [1.29, 1.82) is 5.26 Å². The van der Waals surface area contributed by atoms with Crippen LogP contribution in [0.3, 0.4) is 0 Å². The molecule has 0 aliphatic heterocycles. The predicted octanol–water partition coefficient (Wildman–Crippen LogP) is 3.12. The van der Waals surface area contributed by atoms with E-state index in [-0.39, 0.29) is 5.91 Å². The zero-order chi connectivity index (χ0) is 17.8. The number of carbonyl (C=O) groups excluding carboxylic acids is 1. The smallest absolute Gasteiger partial charge is 0.266 e. The normalized spacial score (nSPS) is 10.6. The van der Waals surface area contributed by atoms with Gasteiger partial charge in [-0.15, -0.1) is 11.3 Å². The van der Waals surface area contributed by atoms with E-state index in [9.17, 15) is 4.79 Å². The van der Waals surface area contributed by atoms with Gasteiger partial charge in [0.25, 0.3) is 5.91 Å². The summed E-state index contributed by atoms with van der Waals surface area (Å²) in [6, 6.07) is 11.4. The SMILES string of the molecule is CN(C)Cc1ccsc1C(=O)Nc1ccc(-n2cc(C#N)cn2)cc1. The van der Waals surface area contributed by atoms with Crippen LogP contribution in [0.2, 0.25) is 0 Å². The average Bonchev–Trinajstić information content (AvgIpc) is 3.24. The second kappa shape index (κ2) is 7.30. The van der Waals surface area contributed by atoms with Crippen molar-refractivity contribution in [3.05, 3.63) is 64.1 Å². The molecular weight excluding hydrogens is 334 g/mol. The van der Waals surface area contributed by atoms with Gasteiger partial charge in [0.05, 0.1) is 22.3 Å². The van der Waals surface area contributed by atoms with E-state index in [4.69, 9.17) is 5.26 Å². The van der Waals surface area contributed by atoms with Gasteiger partial charge in [0.1, 0.15) is 6.07 Å². The van der Waals surface area contributed by atoms with E-state index in [1.165, 1.54) is 17.5 Å². The molecule has 0 aliphatic rings. The van der Waals surface area contributed by atoms with Gasteiger partial charge in [-0.3, -0.25) is 4.79 Å². The van der Waals surface area contributed by atoms with Crippen LogP contribution in [0.25, 0.3) is 5.69 Å². The summed E-state index contributed by atoms with van der Waals surface area (Å²) in [7, 11) is 3.95. The molecule has 0 spiro atoms. The first-order valence-electron chi connectivity index (χ1n) is 7.64. The highest BCUT2D eigenvalue weighted by Gasteiger charge is 2.14. The summed E-state index contributed by atoms with van der Waals surface area (Å²) >= 11 is 1.44. The molecule has 0 bridgehead atoms. The Morgan fingerprint density at radius 1 is 1.32 bits per heavy atom. The molecule has 0 aliphatic carbocycles. The summed E-state index contributed by atoms with van der Waals surface area (Å²) in [5, 5.41) is 17.8. The molecule has 6 nitrogen and oxygen atoms in total. The monoisotopic (exact) mass is 351 g/mol. The molecule has 0 saturated heterocycles. The van der Waals surface area contributed by atoms with Crippen LogP contribution in [0.5, 0.6) is 0 Å². The van der Waals surface area contributed by atoms with Crippen molar-refractivity contribution < 1.29 is 4.79 Å². The van der Waals surface area contributed by atoms with Gasteiger partial charge >= 0.3 is 0 Å². The number of hydrogen-bond donors (Lipinski definition) is 1. The van der Waals surface area contributed by atoms with Gasteiger partial charge in [-0.25, -0.2) is 4.68 Å². The minimum Gasteiger partial charge on any atom is -0.321 e. The number of carbonyl (C=O) groups is 1. The van der Waals surface area contributed by atoms with Crippen molar-refractivity contribution in [3.63, 3.8) is 0 Å². The lowest BCUT2D eigenvalue weighted by molar-refractivity contribution is 0.102. The molecule has 7 heteroatoms. The van der Waals surface area contributed by atoms with Crippen LogP contribution in [-0.2, 0) is 6.54 Å². The molecule has 1 amide bonds. The maximum Gasteiger partial charge on any atom is 0.266 e. The second-order valence-corrected chi connectivity index (χ2v) is 6.72. The Labute approximate surface area is 149 Å². The lowest BCUT2D eigenvalue weighted by Crippen LogP contribution is -2.16. The van der Waals surface area contributed by atoms with Crippen molar-refractivity contribution >= 4 is 22.9 Å². The van der Waals surface area contributed by atoms with Crippen molar-refractivity contribution in [2.24, 2.45) is 0 Å². The van der Waals surface area contributed by atoms with E-state index >= 15 is 0 Å². The molecule has 126 valence electrons. The van der Waals surface area contributed by atoms with Crippen molar-refractivity contribution in [1.82, 2.24) is 14.7 Å². The molecule has 1 N–H and O–H groups in total. The molecule has 25 heavy (non-hydrogen) atoms. The molecule has 0 unspecified atom stereocenters. The van der Waals surface area contributed by atoms with Gasteiger partial charge in [0.2, 0.25) is 0 Å². The Bertz CT molecular complexity index is 918. The summed E-state index contributed by atoms with van der Waals surface area (Å²) in [6.45, 7) is 0.728. The number of aromatic nitrogens is 2. The topological polar surface area (TPSA) is 74.0 Å². The Hall–Kier alpha value is -2.95. The Morgan fingerprint density at radius 2 is 2.08 bits per heavy atom. The molecule has 0 radical (unpaired) electrons. The number of benzene rings is 1. The van der Waals surface area contributed by atoms with Gasteiger partial charge in [-0.05, 0) is 55.4 Å². The third-order valence-corrected chi connectivity index (χ3v) is 4.50. The number of nitrogens with one attached hydrogen (secondary N) is 1. The fourth-order valence-electron chi connectivity index (χ4n) is 2.41. The highest BCUT2D eigenvalue weighted by atomic mass is 32.1. The lowest BCUT2D eigenvalue weighted by Gasteiger charge is -2.11. The van der Waals surface area contributed by atoms with E-state index in [0.717, 1.165) is 22.7 Å². The maximum atomic E-state index is 12.5. The van der Waals surface area contributed by atoms with Gasteiger partial charge in [-0.2, -0.15) is 10.4 Å². The summed E-state index contributed by atoms with van der Waals surface area (Å²) < 4.78 is 1.62. The maximum absolute atomic E-state index is 12.5. The fourth-order valence-corrected chi connectivity index (χ4v) is 3.22. The third kappa shape index (κ3) is 3.94. The zero-order valence-corrected chi connectivity index (χ0v) is 14.7. The van der Waals surface area contributed by atoms with Crippen LogP contribution >= 0.6 is 11.3 Å². The summed E-state index contributed by atoms with van der Waals surface area (Å²) in [6.07, 6.45) is 3.17. The van der Waals surface area contributed by atoms with Crippen molar-refractivity contribution in [3.8, 4) is 11.8 Å². The minimum absolute atomic E-state index is 0.106. The molecule has 0 atom stereocenters. The average molecular weight is 351 g/mol. The first-order valence-corrected chi connectivity index (χ1v) is 8.52. The standard InChI is InChI=1S/C18H17N5OS/c1-22(2)12-14-7-8-25-17(14)18(24)21-15-3-5-16(6-4-15)23-11-13(9-19)10-20-23/h3-8,10-11H,12H2,1-2H3,(H,21,24). The number of thiophene rings is 1. The molecule has 0 fully saturated rings. The summed E-state index contributed by atoms with van der Waals surface area (Å²) in [4.78, 5) is 15.3. The number of hydrogen-bond acceptors (Lipinski definition) is 5. The van der Waals surface area contributed by atoms with Crippen LogP contribution in [0.15, 0.2) is 48.1 Å². The zero-order valence-electron chi connectivity index (χ0n) is 13.9. The van der Waals surface area contributed by atoms with Crippen LogP contribution in [-0.4, -0.2) is 34.7 Å². The Kier molecular flexibility index (Phi) is 4.93. The third-order valence-electron chi connectivity index (χ3n) is 3.54. The van der Waals surface area contributed by atoms with E-state index in [0.29, 0.717) is 11.3 Å². The molecule has 3 aromatic rings. The van der Waals surface area contributed by atoms with Crippen molar-refractivity contribution in [2.45, 2.75) is 6.54 Å². The van der Waals surface area contributed by atoms with E-state index in [1.54, 1.807) is 10.9 Å². The molecule has 1 aromatic carbocycles. The molecule has 2 aromatic heterocycles. The van der Waals surface area contributed by atoms with Gasteiger partial charge in [-0.1, -0.05) is 0 Å². The van der Waals surface area contributed by atoms with E-state index < -0.39 is 0 Å². The number of nitrogens with zero attached hydrogens (tertiary/aromatic N) is 4. The Morgan fingerprint density at radius 3 is 2.72 bits per heavy atom. The van der Waals surface area contributed by atoms with Gasteiger partial charge in [0.15, 0.2) is 0 Å². The summed E-state index contributed by atoms with van der Waals surface area (Å²) in [5.41, 5.74) is 3.06.